The summed E-state index contributed by atoms with van der Waals surface area (Å²) in [5, 5.41) is 0. The van der Waals surface area contributed by atoms with E-state index in [1.54, 1.807) is 7.11 Å². The summed E-state index contributed by atoms with van der Waals surface area (Å²) < 4.78 is 11.0. The Hall–Kier alpha value is -1.26. The van der Waals surface area contributed by atoms with E-state index >= 15 is 0 Å². The van der Waals surface area contributed by atoms with Crippen molar-refractivity contribution < 1.29 is 9.47 Å². The van der Waals surface area contributed by atoms with Crippen LogP contribution in [0.5, 0.6) is 5.75 Å². The van der Waals surface area contributed by atoms with Gasteiger partial charge in [0.2, 0.25) is 0 Å². The Morgan fingerprint density at radius 2 is 2.10 bits per heavy atom. The number of nitrogens with zero attached hydrogens (tertiary/aromatic N) is 1. The van der Waals surface area contributed by atoms with Gasteiger partial charge in [0.05, 0.1) is 13.2 Å². The van der Waals surface area contributed by atoms with Gasteiger partial charge in [-0.2, -0.15) is 0 Å². The van der Waals surface area contributed by atoms with Crippen LogP contribution in [0.15, 0.2) is 24.3 Å². The molecule has 0 spiro atoms. The number of anilines is 1. The topological polar surface area (TPSA) is 47.7 Å². The van der Waals surface area contributed by atoms with Crippen LogP contribution in [0.2, 0.25) is 0 Å². The lowest BCUT2D eigenvalue weighted by Crippen LogP contribution is -2.38. The van der Waals surface area contributed by atoms with Crippen molar-refractivity contribution in [2.45, 2.75) is 19.3 Å². The molecule has 1 saturated heterocycles. The predicted octanol–water partition coefficient (Wildman–Crippen LogP) is 2.40. The molecule has 0 radical (unpaired) electrons. The highest BCUT2D eigenvalue weighted by Crippen LogP contribution is 2.17. The molecule has 1 aromatic carbocycles. The van der Waals surface area contributed by atoms with E-state index in [1.165, 1.54) is 19.4 Å². The maximum atomic E-state index is 5.72. The normalized spacial score (nSPS) is 19.9. The smallest absolute Gasteiger partial charge is 0.119 e. The van der Waals surface area contributed by atoms with Crippen LogP contribution < -0.4 is 10.5 Å². The Bertz CT molecular complexity index is 379. The second-order valence-electron chi connectivity index (χ2n) is 5.54. The van der Waals surface area contributed by atoms with Gasteiger partial charge in [0, 0.05) is 25.9 Å². The minimum Gasteiger partial charge on any atom is -0.494 e. The third kappa shape index (κ3) is 5.02. The summed E-state index contributed by atoms with van der Waals surface area (Å²) in [4.78, 5) is 2.53. The second kappa shape index (κ2) is 8.12. The van der Waals surface area contributed by atoms with E-state index in [0.717, 1.165) is 44.2 Å². The highest BCUT2D eigenvalue weighted by atomic mass is 16.5. The zero-order valence-corrected chi connectivity index (χ0v) is 12.4. The summed E-state index contributed by atoms with van der Waals surface area (Å²) in [6.45, 7) is 5.13. The van der Waals surface area contributed by atoms with Crippen molar-refractivity contribution in [1.82, 2.24) is 4.90 Å². The van der Waals surface area contributed by atoms with Crippen LogP contribution in [0.25, 0.3) is 0 Å². The highest BCUT2D eigenvalue weighted by Gasteiger charge is 2.19. The maximum Gasteiger partial charge on any atom is 0.119 e. The molecule has 1 heterocycles. The standard InChI is InChI=1S/C16H26N2O2/c1-19-13-14-4-2-9-18(12-14)10-3-11-20-16-7-5-15(17)6-8-16/h5-8,14H,2-4,9-13,17H2,1H3. The van der Waals surface area contributed by atoms with Gasteiger partial charge < -0.3 is 20.1 Å². The maximum absolute atomic E-state index is 5.72. The Labute approximate surface area is 121 Å². The summed E-state index contributed by atoms with van der Waals surface area (Å²) in [7, 11) is 1.79. The minimum absolute atomic E-state index is 0.701. The Balaban J connectivity index is 1.62. The van der Waals surface area contributed by atoms with Gasteiger partial charge in [-0.15, -0.1) is 0 Å². The fourth-order valence-corrected chi connectivity index (χ4v) is 2.77. The molecular weight excluding hydrogens is 252 g/mol. The molecule has 0 amide bonds. The Morgan fingerprint density at radius 3 is 2.85 bits per heavy atom. The number of methoxy groups -OCH3 is 1. The summed E-state index contributed by atoms with van der Waals surface area (Å²) in [6.07, 6.45) is 3.64. The first-order chi connectivity index (χ1) is 9.78. The SMILES string of the molecule is COCC1CCCN(CCCOc2ccc(N)cc2)C1. The lowest BCUT2D eigenvalue weighted by atomic mass is 9.99. The van der Waals surface area contributed by atoms with Gasteiger partial charge in [-0.3, -0.25) is 0 Å². The molecule has 2 rings (SSSR count). The van der Waals surface area contributed by atoms with E-state index in [9.17, 15) is 0 Å². The monoisotopic (exact) mass is 278 g/mol. The predicted molar refractivity (Wildman–Crippen MR) is 82.0 cm³/mol. The highest BCUT2D eigenvalue weighted by molar-refractivity contribution is 5.41. The molecule has 1 unspecified atom stereocenters. The molecule has 20 heavy (non-hydrogen) atoms. The quantitative estimate of drug-likeness (QED) is 0.614. The fourth-order valence-electron chi connectivity index (χ4n) is 2.77. The van der Waals surface area contributed by atoms with Crippen LogP contribution in [-0.4, -0.2) is 44.9 Å². The number of nitrogens with two attached hydrogens (primary N) is 1. The van der Waals surface area contributed by atoms with Crippen molar-refractivity contribution in [1.29, 1.82) is 0 Å². The average molecular weight is 278 g/mol. The van der Waals surface area contributed by atoms with E-state index in [0.29, 0.717) is 5.92 Å². The Kier molecular flexibility index (Phi) is 6.15. The molecule has 4 nitrogen and oxygen atoms in total. The fraction of sp³-hybridized carbons (Fsp3) is 0.625. The van der Waals surface area contributed by atoms with E-state index in [4.69, 9.17) is 15.2 Å². The van der Waals surface area contributed by atoms with Crippen molar-refractivity contribution >= 4 is 5.69 Å². The van der Waals surface area contributed by atoms with Gasteiger partial charge in [-0.25, -0.2) is 0 Å². The first-order valence-corrected chi connectivity index (χ1v) is 7.47. The minimum atomic E-state index is 0.701. The zero-order valence-electron chi connectivity index (χ0n) is 12.4. The Morgan fingerprint density at radius 1 is 1.30 bits per heavy atom. The molecule has 0 aliphatic carbocycles. The molecule has 0 aromatic heterocycles. The third-order valence-electron chi connectivity index (χ3n) is 3.77. The summed E-state index contributed by atoms with van der Waals surface area (Å²) in [6, 6.07) is 7.58. The molecule has 2 N–H and O–H groups in total. The molecular formula is C16H26N2O2. The molecule has 0 saturated carbocycles. The van der Waals surface area contributed by atoms with Crippen molar-refractivity contribution in [3.8, 4) is 5.75 Å². The number of ether oxygens (including phenoxy) is 2. The van der Waals surface area contributed by atoms with Crippen LogP contribution in [-0.2, 0) is 4.74 Å². The number of likely N-dealkylation sites (tertiary alicyclic amines) is 1. The van der Waals surface area contributed by atoms with Crippen molar-refractivity contribution in [2.75, 3.05) is 45.7 Å². The van der Waals surface area contributed by atoms with Gasteiger partial charge in [0.15, 0.2) is 0 Å². The van der Waals surface area contributed by atoms with E-state index < -0.39 is 0 Å². The number of hydrogen-bond acceptors (Lipinski definition) is 4. The summed E-state index contributed by atoms with van der Waals surface area (Å²) in [5.41, 5.74) is 6.42. The molecule has 4 heteroatoms. The van der Waals surface area contributed by atoms with E-state index in [1.807, 2.05) is 24.3 Å². The number of benzene rings is 1. The molecule has 1 aliphatic rings. The van der Waals surface area contributed by atoms with Gasteiger partial charge in [-0.05, 0) is 56.0 Å². The van der Waals surface area contributed by atoms with Crippen LogP contribution in [0, 0.1) is 5.92 Å². The van der Waals surface area contributed by atoms with Gasteiger partial charge in [0.1, 0.15) is 5.75 Å². The molecule has 1 fully saturated rings. The molecule has 1 atom stereocenters. The molecule has 1 aliphatic heterocycles. The van der Waals surface area contributed by atoms with Crippen LogP contribution in [0.3, 0.4) is 0 Å². The number of piperidine rings is 1. The van der Waals surface area contributed by atoms with Crippen LogP contribution >= 0.6 is 0 Å². The van der Waals surface area contributed by atoms with Gasteiger partial charge in [-0.1, -0.05) is 0 Å². The zero-order chi connectivity index (χ0) is 14.2. The van der Waals surface area contributed by atoms with E-state index in [-0.39, 0.29) is 0 Å². The first-order valence-electron chi connectivity index (χ1n) is 7.47. The summed E-state index contributed by atoms with van der Waals surface area (Å²) >= 11 is 0. The molecule has 0 bridgehead atoms. The average Bonchev–Trinajstić information content (AvgIpc) is 2.46. The number of nitrogen functional groups attached to an aromatic ring is 1. The van der Waals surface area contributed by atoms with Crippen molar-refractivity contribution in [3.05, 3.63) is 24.3 Å². The molecule has 112 valence electrons. The number of hydrogen-bond donors (Lipinski definition) is 1. The van der Waals surface area contributed by atoms with Crippen molar-refractivity contribution in [2.24, 2.45) is 5.92 Å². The van der Waals surface area contributed by atoms with Crippen LogP contribution in [0.4, 0.5) is 5.69 Å². The summed E-state index contributed by atoms with van der Waals surface area (Å²) in [5.74, 6) is 1.60. The second-order valence-corrected chi connectivity index (χ2v) is 5.54. The van der Waals surface area contributed by atoms with Gasteiger partial charge in [0.25, 0.3) is 0 Å². The van der Waals surface area contributed by atoms with Crippen molar-refractivity contribution in [3.63, 3.8) is 0 Å². The van der Waals surface area contributed by atoms with Gasteiger partial charge >= 0.3 is 0 Å². The third-order valence-corrected chi connectivity index (χ3v) is 3.77. The first kappa shape index (κ1) is 15.1. The van der Waals surface area contributed by atoms with E-state index in [2.05, 4.69) is 4.90 Å². The number of rotatable bonds is 7. The largest absolute Gasteiger partial charge is 0.494 e. The lowest BCUT2D eigenvalue weighted by Gasteiger charge is -2.32. The van der Waals surface area contributed by atoms with Crippen LogP contribution in [0.1, 0.15) is 19.3 Å². The molecule has 1 aromatic rings. The lowest BCUT2D eigenvalue weighted by molar-refractivity contribution is 0.0879.